The van der Waals surface area contributed by atoms with Gasteiger partial charge in [0.05, 0.1) is 0 Å². The molecule has 0 fully saturated rings. The van der Waals surface area contributed by atoms with Crippen molar-refractivity contribution in [3.05, 3.63) is 0 Å². The molecule has 56 valence electrons. The van der Waals surface area contributed by atoms with Gasteiger partial charge in [0.2, 0.25) is 0 Å². The number of ether oxygens (including phenoxy) is 1. The Labute approximate surface area is 56.6 Å². The lowest BCUT2D eigenvalue weighted by molar-refractivity contribution is -0.0579. The van der Waals surface area contributed by atoms with Crippen LogP contribution in [0.5, 0.6) is 0 Å². The van der Waals surface area contributed by atoms with E-state index in [2.05, 4.69) is 4.18 Å². The SMILES string of the molecule is CCOC(C)OS(=O)O. The smallest absolute Gasteiger partial charge is 0.304 e. The van der Waals surface area contributed by atoms with Gasteiger partial charge in [-0.15, -0.1) is 0 Å². The fourth-order valence-electron chi connectivity index (χ4n) is 0.378. The van der Waals surface area contributed by atoms with Crippen molar-refractivity contribution in [3.63, 3.8) is 0 Å². The van der Waals surface area contributed by atoms with Crippen molar-refractivity contribution in [1.82, 2.24) is 0 Å². The molecule has 4 nitrogen and oxygen atoms in total. The number of hydrogen-bond donors (Lipinski definition) is 1. The van der Waals surface area contributed by atoms with E-state index in [0.29, 0.717) is 6.61 Å². The van der Waals surface area contributed by atoms with Gasteiger partial charge in [-0.3, -0.25) is 4.55 Å². The fourth-order valence-corrected chi connectivity index (χ4v) is 0.666. The van der Waals surface area contributed by atoms with Crippen molar-refractivity contribution >= 4 is 11.4 Å². The molecule has 0 bridgehead atoms. The molecule has 0 aromatic carbocycles. The third-order valence-electron chi connectivity index (χ3n) is 0.619. The summed E-state index contributed by atoms with van der Waals surface area (Å²) in [6.07, 6.45) is -0.610. The lowest BCUT2D eigenvalue weighted by atomic mass is 10.7. The monoisotopic (exact) mass is 154 g/mol. The van der Waals surface area contributed by atoms with Crippen LogP contribution in [0.4, 0.5) is 0 Å². The van der Waals surface area contributed by atoms with Crippen LogP contribution in [0.1, 0.15) is 13.8 Å². The molecule has 2 atom stereocenters. The van der Waals surface area contributed by atoms with E-state index in [4.69, 9.17) is 9.29 Å². The van der Waals surface area contributed by atoms with Crippen molar-refractivity contribution in [2.45, 2.75) is 20.1 Å². The van der Waals surface area contributed by atoms with Gasteiger partial charge in [-0.25, -0.2) is 4.18 Å². The van der Waals surface area contributed by atoms with Crippen LogP contribution in [-0.4, -0.2) is 21.7 Å². The van der Waals surface area contributed by atoms with Crippen LogP contribution in [0.3, 0.4) is 0 Å². The second-order valence-electron chi connectivity index (χ2n) is 1.34. The summed E-state index contributed by atoms with van der Waals surface area (Å²) in [6, 6.07) is 0. The molecule has 0 spiro atoms. The molecule has 0 saturated heterocycles. The minimum Gasteiger partial charge on any atom is -0.352 e. The first-order chi connectivity index (χ1) is 4.16. The van der Waals surface area contributed by atoms with Gasteiger partial charge in [0.25, 0.3) is 0 Å². The number of hydrogen-bond acceptors (Lipinski definition) is 3. The quantitative estimate of drug-likeness (QED) is 0.474. The van der Waals surface area contributed by atoms with Crippen molar-refractivity contribution in [2.24, 2.45) is 0 Å². The molecule has 5 heteroatoms. The van der Waals surface area contributed by atoms with Gasteiger partial charge >= 0.3 is 11.4 Å². The Morgan fingerprint density at radius 2 is 2.33 bits per heavy atom. The Kier molecular flexibility index (Phi) is 4.88. The zero-order chi connectivity index (χ0) is 7.28. The highest BCUT2D eigenvalue weighted by molar-refractivity contribution is 7.74. The van der Waals surface area contributed by atoms with Crippen LogP contribution >= 0.6 is 0 Å². The van der Waals surface area contributed by atoms with E-state index >= 15 is 0 Å². The maximum Gasteiger partial charge on any atom is 0.304 e. The average molecular weight is 154 g/mol. The van der Waals surface area contributed by atoms with Crippen LogP contribution in [-0.2, 0) is 20.3 Å². The van der Waals surface area contributed by atoms with Crippen molar-refractivity contribution in [3.8, 4) is 0 Å². The summed E-state index contributed by atoms with van der Waals surface area (Å²) in [6.45, 7) is 3.80. The summed E-state index contributed by atoms with van der Waals surface area (Å²) in [4.78, 5) is 0. The second kappa shape index (κ2) is 4.87. The fraction of sp³-hybridized carbons (Fsp3) is 1.00. The van der Waals surface area contributed by atoms with E-state index in [1.165, 1.54) is 0 Å². The molecule has 0 heterocycles. The Morgan fingerprint density at radius 3 is 2.67 bits per heavy atom. The van der Waals surface area contributed by atoms with Gasteiger partial charge in [-0.1, -0.05) is 0 Å². The van der Waals surface area contributed by atoms with Crippen LogP contribution in [0, 0.1) is 0 Å². The molecular formula is C4H10O4S. The highest BCUT2D eigenvalue weighted by Crippen LogP contribution is 1.93. The summed E-state index contributed by atoms with van der Waals surface area (Å²) >= 11 is -2.22. The van der Waals surface area contributed by atoms with Gasteiger partial charge in [0.1, 0.15) is 0 Å². The van der Waals surface area contributed by atoms with Crippen LogP contribution in [0.25, 0.3) is 0 Å². The Bertz CT molecular complexity index is 94.6. The molecule has 1 N–H and O–H groups in total. The molecule has 0 saturated carbocycles. The normalized spacial score (nSPS) is 17.2. The summed E-state index contributed by atoms with van der Waals surface area (Å²) in [7, 11) is 0. The topological polar surface area (TPSA) is 55.8 Å². The zero-order valence-corrected chi connectivity index (χ0v) is 6.18. The molecule has 9 heavy (non-hydrogen) atoms. The molecule has 0 amide bonds. The van der Waals surface area contributed by atoms with Crippen LogP contribution in [0.2, 0.25) is 0 Å². The molecule has 0 rings (SSSR count). The maximum atomic E-state index is 9.89. The lowest BCUT2D eigenvalue weighted by Gasteiger charge is -2.07. The Hall–Kier alpha value is 0.0300. The molecule has 0 aromatic heterocycles. The van der Waals surface area contributed by atoms with Gasteiger partial charge < -0.3 is 4.74 Å². The lowest BCUT2D eigenvalue weighted by Crippen LogP contribution is -2.13. The van der Waals surface area contributed by atoms with E-state index in [1.807, 2.05) is 0 Å². The van der Waals surface area contributed by atoms with E-state index in [1.54, 1.807) is 13.8 Å². The first-order valence-electron chi connectivity index (χ1n) is 2.56. The van der Waals surface area contributed by atoms with Gasteiger partial charge in [0.15, 0.2) is 6.29 Å². The minimum absolute atomic E-state index is 0.471. The second-order valence-corrected chi connectivity index (χ2v) is 1.96. The van der Waals surface area contributed by atoms with Crippen molar-refractivity contribution in [1.29, 1.82) is 0 Å². The highest BCUT2D eigenvalue weighted by atomic mass is 32.2. The molecular weight excluding hydrogens is 144 g/mol. The van der Waals surface area contributed by atoms with Crippen LogP contribution < -0.4 is 0 Å². The zero-order valence-electron chi connectivity index (χ0n) is 5.36. The number of rotatable bonds is 4. The van der Waals surface area contributed by atoms with Crippen molar-refractivity contribution < 1.29 is 17.7 Å². The third kappa shape index (κ3) is 5.91. The third-order valence-corrected chi connectivity index (χ3v) is 1.05. The maximum absolute atomic E-state index is 9.89. The predicted molar refractivity (Wildman–Crippen MR) is 32.9 cm³/mol. The Morgan fingerprint density at radius 1 is 1.78 bits per heavy atom. The van der Waals surface area contributed by atoms with Crippen molar-refractivity contribution in [2.75, 3.05) is 6.61 Å². The summed E-state index contributed by atoms with van der Waals surface area (Å²) in [5, 5.41) is 0. The predicted octanol–water partition coefficient (Wildman–Crippen LogP) is 0.522. The molecule has 0 aromatic rings. The van der Waals surface area contributed by atoms with Crippen LogP contribution in [0.15, 0.2) is 0 Å². The summed E-state index contributed by atoms with van der Waals surface area (Å²) in [5.41, 5.74) is 0. The first kappa shape index (κ1) is 9.03. The van der Waals surface area contributed by atoms with E-state index < -0.39 is 17.7 Å². The standard InChI is InChI=1S/C4H10O4S/c1-3-7-4(2)8-9(5)6/h4H,3H2,1-2H3,(H,5,6). The molecule has 2 unspecified atom stereocenters. The van der Waals surface area contributed by atoms with E-state index in [0.717, 1.165) is 0 Å². The summed E-state index contributed by atoms with van der Waals surface area (Å²) in [5.74, 6) is 0. The average Bonchev–Trinajstić information content (AvgIpc) is 1.63. The van der Waals surface area contributed by atoms with Gasteiger partial charge in [-0.05, 0) is 13.8 Å². The van der Waals surface area contributed by atoms with Gasteiger partial charge in [0, 0.05) is 6.61 Å². The van der Waals surface area contributed by atoms with Gasteiger partial charge in [-0.2, -0.15) is 4.21 Å². The molecule has 0 radical (unpaired) electrons. The Balaban J connectivity index is 3.26. The first-order valence-corrected chi connectivity index (χ1v) is 3.59. The summed E-state index contributed by atoms with van der Waals surface area (Å²) < 4.78 is 27.1. The van der Waals surface area contributed by atoms with E-state index in [9.17, 15) is 4.21 Å². The largest absolute Gasteiger partial charge is 0.352 e. The minimum atomic E-state index is -2.22. The highest BCUT2D eigenvalue weighted by Gasteiger charge is 2.02. The van der Waals surface area contributed by atoms with E-state index in [-0.39, 0.29) is 0 Å². The molecule has 0 aliphatic rings. The molecule has 0 aliphatic carbocycles. The molecule has 0 aliphatic heterocycles.